The number of nitrogens with zero attached hydrogens (tertiary/aromatic N) is 3. The molecule has 0 saturated carbocycles. The quantitative estimate of drug-likeness (QED) is 0.638. The fraction of sp³-hybridized carbons (Fsp3) is 0.364. The van der Waals surface area contributed by atoms with Gasteiger partial charge in [-0.15, -0.1) is 13.2 Å². The van der Waals surface area contributed by atoms with E-state index < -0.39 is 6.36 Å². The first-order valence-electron chi connectivity index (χ1n) is 9.84. The molecule has 2 aromatic rings. The molecule has 1 fully saturated rings. The molecule has 1 saturated heterocycles. The van der Waals surface area contributed by atoms with Crippen molar-refractivity contribution in [2.24, 2.45) is 0 Å². The highest BCUT2D eigenvalue weighted by molar-refractivity contribution is 5.76. The van der Waals surface area contributed by atoms with Gasteiger partial charge in [0.1, 0.15) is 11.6 Å². The first-order chi connectivity index (χ1) is 14.3. The summed E-state index contributed by atoms with van der Waals surface area (Å²) in [6.45, 7) is 2.43. The fourth-order valence-corrected chi connectivity index (χ4v) is 4.06. The van der Waals surface area contributed by atoms with Crippen LogP contribution in [0, 0.1) is 5.82 Å². The Bertz CT molecular complexity index is 906. The molecule has 0 N–H and O–H groups in total. The lowest BCUT2D eigenvalue weighted by Crippen LogP contribution is -2.44. The maximum atomic E-state index is 13.7. The molecule has 4 nitrogen and oxygen atoms in total. The average molecular weight is 421 g/mol. The van der Waals surface area contributed by atoms with Crippen LogP contribution in [0.3, 0.4) is 0 Å². The van der Waals surface area contributed by atoms with E-state index in [1.54, 1.807) is 18.2 Å². The molecule has 30 heavy (non-hydrogen) atoms. The Hall–Kier alpha value is -2.74. The predicted molar refractivity (Wildman–Crippen MR) is 108 cm³/mol. The summed E-state index contributed by atoms with van der Waals surface area (Å²) in [7, 11) is 1.90. The molecule has 0 aromatic heterocycles. The Balaban J connectivity index is 1.35. The fourth-order valence-electron chi connectivity index (χ4n) is 4.06. The van der Waals surface area contributed by atoms with Gasteiger partial charge in [0.25, 0.3) is 0 Å². The number of likely N-dealkylation sites (tertiary alicyclic amines) is 1. The Labute approximate surface area is 172 Å². The summed E-state index contributed by atoms with van der Waals surface area (Å²) in [6, 6.07) is 11.2. The van der Waals surface area contributed by atoms with Crippen LogP contribution < -0.4 is 14.5 Å². The number of piperidine rings is 1. The second-order valence-corrected chi connectivity index (χ2v) is 7.65. The number of hydrogen-bond donors (Lipinski definition) is 0. The molecule has 2 aromatic carbocycles. The molecule has 0 unspecified atom stereocenters. The van der Waals surface area contributed by atoms with Crippen LogP contribution in [0.4, 0.5) is 28.9 Å². The zero-order valence-corrected chi connectivity index (χ0v) is 16.6. The summed E-state index contributed by atoms with van der Waals surface area (Å²) < 4.78 is 54.4. The van der Waals surface area contributed by atoms with Crippen molar-refractivity contribution in [2.75, 3.05) is 29.9 Å². The zero-order valence-electron chi connectivity index (χ0n) is 16.6. The van der Waals surface area contributed by atoms with Gasteiger partial charge in [0.05, 0.1) is 11.4 Å². The third kappa shape index (κ3) is 4.70. The highest BCUT2D eigenvalue weighted by atomic mass is 19.4. The summed E-state index contributed by atoms with van der Waals surface area (Å²) in [6.07, 6.45) is 1.20. The second-order valence-electron chi connectivity index (χ2n) is 7.65. The standard InChI is InChI=1S/C22H23F4N3O/c1-27-12-13-29(20-7-4-17(23)14-21(20)27)18-8-10-28(11-9-18)15-16-2-5-19(6-3-16)30-22(24,25)26/h2-7,12-14,18H,8-11,15H2,1H3. The summed E-state index contributed by atoms with van der Waals surface area (Å²) >= 11 is 0. The molecule has 0 aliphatic carbocycles. The van der Waals surface area contributed by atoms with Crippen LogP contribution in [0.5, 0.6) is 5.75 Å². The highest BCUT2D eigenvalue weighted by Crippen LogP contribution is 2.36. The average Bonchev–Trinajstić information content (AvgIpc) is 2.70. The van der Waals surface area contributed by atoms with Crippen molar-refractivity contribution in [2.45, 2.75) is 31.8 Å². The van der Waals surface area contributed by atoms with Crippen molar-refractivity contribution < 1.29 is 22.3 Å². The van der Waals surface area contributed by atoms with Crippen LogP contribution in [-0.4, -0.2) is 37.4 Å². The summed E-state index contributed by atoms with van der Waals surface area (Å²) in [5.74, 6) is -0.459. The first-order valence-corrected chi connectivity index (χ1v) is 9.84. The molecule has 0 radical (unpaired) electrons. The second kappa shape index (κ2) is 8.18. The number of rotatable bonds is 4. The van der Waals surface area contributed by atoms with Gasteiger partial charge >= 0.3 is 6.36 Å². The van der Waals surface area contributed by atoms with Gasteiger partial charge in [0.2, 0.25) is 0 Å². The van der Waals surface area contributed by atoms with Crippen molar-refractivity contribution in [1.29, 1.82) is 0 Å². The van der Waals surface area contributed by atoms with E-state index in [9.17, 15) is 17.6 Å². The van der Waals surface area contributed by atoms with Gasteiger partial charge in [-0.25, -0.2) is 4.39 Å². The number of ether oxygens (including phenoxy) is 1. The van der Waals surface area contributed by atoms with Crippen molar-refractivity contribution in [3.05, 3.63) is 66.2 Å². The van der Waals surface area contributed by atoms with Gasteiger partial charge in [-0.1, -0.05) is 12.1 Å². The maximum absolute atomic E-state index is 13.7. The topological polar surface area (TPSA) is 19.0 Å². The summed E-state index contributed by atoms with van der Waals surface area (Å²) in [5.41, 5.74) is 2.80. The van der Waals surface area contributed by atoms with E-state index in [1.165, 1.54) is 18.2 Å². The van der Waals surface area contributed by atoms with Crippen LogP contribution in [0.2, 0.25) is 0 Å². The molecule has 8 heteroatoms. The molecule has 160 valence electrons. The smallest absolute Gasteiger partial charge is 0.406 e. The minimum atomic E-state index is -4.68. The largest absolute Gasteiger partial charge is 0.573 e. The Morgan fingerprint density at radius 3 is 2.33 bits per heavy atom. The van der Waals surface area contributed by atoms with Crippen LogP contribution in [0.15, 0.2) is 54.9 Å². The molecule has 0 bridgehead atoms. The van der Waals surface area contributed by atoms with Crippen LogP contribution in [0.25, 0.3) is 0 Å². The number of fused-ring (bicyclic) bond motifs is 1. The van der Waals surface area contributed by atoms with Gasteiger partial charge in [-0.05, 0) is 48.7 Å². The van der Waals surface area contributed by atoms with Crippen molar-refractivity contribution >= 4 is 11.4 Å². The van der Waals surface area contributed by atoms with E-state index in [2.05, 4.69) is 14.5 Å². The molecule has 0 amide bonds. The highest BCUT2D eigenvalue weighted by Gasteiger charge is 2.31. The lowest BCUT2D eigenvalue weighted by Gasteiger charge is -2.41. The van der Waals surface area contributed by atoms with Gasteiger partial charge < -0.3 is 14.5 Å². The van der Waals surface area contributed by atoms with Gasteiger partial charge in [0, 0.05) is 45.1 Å². The molecule has 2 aliphatic heterocycles. The van der Waals surface area contributed by atoms with E-state index in [0.717, 1.165) is 42.9 Å². The predicted octanol–water partition coefficient (Wildman–Crippen LogP) is 5.12. The molecule has 0 atom stereocenters. The van der Waals surface area contributed by atoms with Gasteiger partial charge in [0.15, 0.2) is 0 Å². The normalized spacial score (nSPS) is 17.9. The molecule has 2 heterocycles. The summed E-state index contributed by atoms with van der Waals surface area (Å²) in [5, 5.41) is 0. The molecule has 2 aliphatic rings. The Kier molecular flexibility index (Phi) is 5.60. The molecule has 4 rings (SSSR count). The van der Waals surface area contributed by atoms with Gasteiger partial charge in [-0.2, -0.15) is 0 Å². The van der Waals surface area contributed by atoms with E-state index in [4.69, 9.17) is 0 Å². The minimum absolute atomic E-state index is 0.207. The van der Waals surface area contributed by atoms with Crippen molar-refractivity contribution in [3.8, 4) is 5.75 Å². The summed E-state index contributed by atoms with van der Waals surface area (Å²) in [4.78, 5) is 6.42. The van der Waals surface area contributed by atoms with Crippen molar-refractivity contribution in [3.63, 3.8) is 0 Å². The molecular weight excluding hydrogens is 398 g/mol. The maximum Gasteiger partial charge on any atom is 0.573 e. The van der Waals surface area contributed by atoms with Crippen LogP contribution >= 0.6 is 0 Å². The zero-order chi connectivity index (χ0) is 21.3. The third-order valence-corrected chi connectivity index (χ3v) is 5.56. The lowest BCUT2D eigenvalue weighted by molar-refractivity contribution is -0.274. The first kappa shape index (κ1) is 20.5. The number of hydrogen-bond acceptors (Lipinski definition) is 4. The van der Waals surface area contributed by atoms with Crippen LogP contribution in [0.1, 0.15) is 18.4 Å². The number of anilines is 2. The van der Waals surface area contributed by atoms with E-state index in [0.29, 0.717) is 12.6 Å². The van der Waals surface area contributed by atoms with Gasteiger partial charge in [-0.3, -0.25) is 4.90 Å². The van der Waals surface area contributed by atoms with Crippen LogP contribution in [-0.2, 0) is 6.54 Å². The molecule has 0 spiro atoms. The SMILES string of the molecule is CN1C=CN(C2CCN(Cc3ccc(OC(F)(F)F)cc3)CC2)c2ccc(F)cc21. The Morgan fingerprint density at radius 2 is 1.67 bits per heavy atom. The van der Waals surface area contributed by atoms with Crippen molar-refractivity contribution in [1.82, 2.24) is 4.90 Å². The van der Waals surface area contributed by atoms with E-state index in [1.807, 2.05) is 30.4 Å². The monoisotopic (exact) mass is 421 g/mol. The number of alkyl halides is 3. The third-order valence-electron chi connectivity index (χ3n) is 5.56. The minimum Gasteiger partial charge on any atom is -0.406 e. The van der Waals surface area contributed by atoms with E-state index >= 15 is 0 Å². The number of benzene rings is 2. The van der Waals surface area contributed by atoms with E-state index in [-0.39, 0.29) is 11.6 Å². The number of halogens is 4. The lowest BCUT2D eigenvalue weighted by atomic mass is 10.0. The molecular formula is C22H23F4N3O. The Morgan fingerprint density at radius 1 is 0.967 bits per heavy atom.